The fraction of sp³-hybridized carbons (Fsp3) is 0.0909. The highest BCUT2D eigenvalue weighted by Crippen LogP contribution is 2.26. The number of hydrogen-bond acceptors (Lipinski definition) is 3. The molecule has 18 heavy (non-hydrogen) atoms. The second kappa shape index (κ2) is 5.11. The third-order valence-corrected chi connectivity index (χ3v) is 3.56. The molecule has 0 spiro atoms. The second-order valence-corrected chi connectivity index (χ2v) is 5.42. The van der Waals surface area contributed by atoms with Gasteiger partial charge in [0.2, 0.25) is 0 Å². The highest BCUT2D eigenvalue weighted by molar-refractivity contribution is 9.11. The first kappa shape index (κ1) is 13.1. The summed E-state index contributed by atoms with van der Waals surface area (Å²) in [5, 5.41) is 6.69. The van der Waals surface area contributed by atoms with Crippen LogP contribution in [0.1, 0.15) is 10.4 Å². The minimum atomic E-state index is -0.288. The smallest absolute Gasteiger partial charge is 0.261 e. The number of amides is 1. The summed E-state index contributed by atoms with van der Waals surface area (Å²) >= 11 is 6.72. The summed E-state index contributed by atoms with van der Waals surface area (Å²) in [7, 11) is 1.68. The van der Waals surface area contributed by atoms with Crippen molar-refractivity contribution >= 4 is 49.3 Å². The summed E-state index contributed by atoms with van der Waals surface area (Å²) < 4.78 is 3.16. The number of aromatic nitrogens is 2. The largest absolute Gasteiger partial charge is 0.383 e. The Hall–Kier alpha value is -1.34. The summed E-state index contributed by atoms with van der Waals surface area (Å²) in [4.78, 5) is 12.0. The van der Waals surface area contributed by atoms with Crippen LogP contribution in [0, 0.1) is 0 Å². The van der Waals surface area contributed by atoms with Crippen molar-refractivity contribution in [2.45, 2.75) is 0 Å². The van der Waals surface area contributed by atoms with E-state index >= 15 is 0 Å². The van der Waals surface area contributed by atoms with E-state index in [1.807, 2.05) is 12.1 Å². The zero-order valence-corrected chi connectivity index (χ0v) is 12.6. The van der Waals surface area contributed by atoms with Gasteiger partial charge in [-0.15, -0.1) is 0 Å². The molecule has 1 heterocycles. The number of nitrogens with two attached hydrogens (primary N) is 1. The predicted octanol–water partition coefficient (Wildman–Crippen LogP) is 2.78. The number of rotatable bonds is 2. The first-order valence-electron chi connectivity index (χ1n) is 5.03. The summed E-state index contributed by atoms with van der Waals surface area (Å²) in [5.41, 5.74) is 6.77. The number of carbonyl (C=O) groups is 1. The van der Waals surface area contributed by atoms with Gasteiger partial charge in [-0.2, -0.15) is 5.10 Å². The average Bonchev–Trinajstić information content (AvgIpc) is 2.64. The van der Waals surface area contributed by atoms with Crippen LogP contribution in [0.25, 0.3) is 0 Å². The molecule has 1 aromatic heterocycles. The van der Waals surface area contributed by atoms with Gasteiger partial charge in [-0.3, -0.25) is 9.48 Å². The topological polar surface area (TPSA) is 72.9 Å². The van der Waals surface area contributed by atoms with E-state index in [9.17, 15) is 4.79 Å². The maximum atomic E-state index is 12.0. The van der Waals surface area contributed by atoms with Crippen molar-refractivity contribution in [3.05, 3.63) is 38.9 Å². The van der Waals surface area contributed by atoms with Gasteiger partial charge in [0.05, 0.1) is 11.9 Å². The van der Waals surface area contributed by atoms with Crippen LogP contribution in [0.4, 0.5) is 11.5 Å². The lowest BCUT2D eigenvalue weighted by atomic mass is 10.2. The zero-order valence-electron chi connectivity index (χ0n) is 9.45. The van der Waals surface area contributed by atoms with Gasteiger partial charge in [0, 0.05) is 16.0 Å². The minimum Gasteiger partial charge on any atom is -0.383 e. The quantitative estimate of drug-likeness (QED) is 0.849. The van der Waals surface area contributed by atoms with Gasteiger partial charge >= 0.3 is 0 Å². The van der Waals surface area contributed by atoms with E-state index in [0.29, 0.717) is 17.1 Å². The number of halogens is 2. The normalized spacial score (nSPS) is 10.4. The van der Waals surface area contributed by atoms with Gasteiger partial charge in [-0.1, -0.05) is 15.9 Å². The van der Waals surface area contributed by atoms with Crippen molar-refractivity contribution in [2.24, 2.45) is 7.05 Å². The molecule has 0 aliphatic heterocycles. The molecule has 1 aromatic carbocycles. The maximum Gasteiger partial charge on any atom is 0.261 e. The van der Waals surface area contributed by atoms with Crippen LogP contribution in [0.5, 0.6) is 0 Å². The van der Waals surface area contributed by atoms with Gasteiger partial charge in [0.15, 0.2) is 0 Å². The van der Waals surface area contributed by atoms with Crippen molar-refractivity contribution in [3.63, 3.8) is 0 Å². The fourth-order valence-electron chi connectivity index (χ4n) is 1.40. The van der Waals surface area contributed by atoms with Crippen molar-refractivity contribution in [1.82, 2.24) is 9.78 Å². The van der Waals surface area contributed by atoms with Crippen LogP contribution in [0.2, 0.25) is 0 Å². The summed E-state index contributed by atoms with van der Waals surface area (Å²) in [6.07, 6.45) is 1.44. The Balaban J connectivity index is 2.24. The van der Waals surface area contributed by atoms with Crippen molar-refractivity contribution in [2.75, 3.05) is 11.1 Å². The molecule has 0 unspecified atom stereocenters. The lowest BCUT2D eigenvalue weighted by molar-refractivity contribution is 0.102. The highest BCUT2D eigenvalue weighted by atomic mass is 79.9. The van der Waals surface area contributed by atoms with E-state index in [1.54, 1.807) is 13.1 Å². The average molecular weight is 374 g/mol. The number of nitrogen functional groups attached to an aromatic ring is 1. The Bertz CT molecular complexity index is 609. The van der Waals surface area contributed by atoms with Crippen LogP contribution < -0.4 is 11.1 Å². The molecular weight excluding hydrogens is 364 g/mol. The second-order valence-electron chi connectivity index (χ2n) is 3.65. The van der Waals surface area contributed by atoms with Crippen LogP contribution in [0.3, 0.4) is 0 Å². The summed E-state index contributed by atoms with van der Waals surface area (Å²) in [6.45, 7) is 0. The molecule has 0 aliphatic carbocycles. The molecular formula is C11H10Br2N4O. The molecule has 5 nitrogen and oxygen atoms in total. The van der Waals surface area contributed by atoms with E-state index in [0.717, 1.165) is 8.95 Å². The number of carbonyl (C=O) groups excluding carboxylic acids is 1. The minimum absolute atomic E-state index is 0.288. The SMILES string of the molecule is Cn1ncc(C(=O)Nc2ccc(Br)cc2Br)c1N. The van der Waals surface area contributed by atoms with Gasteiger partial charge in [0.25, 0.3) is 5.91 Å². The molecule has 0 saturated heterocycles. The molecule has 0 radical (unpaired) electrons. The molecule has 1 amide bonds. The molecule has 0 saturated carbocycles. The number of hydrogen-bond donors (Lipinski definition) is 2. The lowest BCUT2D eigenvalue weighted by Crippen LogP contribution is -2.14. The standard InChI is InChI=1S/C11H10Br2N4O/c1-17-10(14)7(5-15-17)11(18)16-9-3-2-6(12)4-8(9)13/h2-5H,14H2,1H3,(H,16,18). The first-order valence-corrected chi connectivity index (χ1v) is 6.61. The first-order chi connectivity index (χ1) is 8.49. The molecule has 3 N–H and O–H groups in total. The summed E-state index contributed by atoms with van der Waals surface area (Å²) in [6, 6.07) is 5.48. The number of nitrogens with zero attached hydrogens (tertiary/aromatic N) is 2. The van der Waals surface area contributed by atoms with Crippen molar-refractivity contribution in [1.29, 1.82) is 0 Å². The van der Waals surface area contributed by atoms with Crippen LogP contribution in [0.15, 0.2) is 33.3 Å². The van der Waals surface area contributed by atoms with Gasteiger partial charge < -0.3 is 11.1 Å². The summed E-state index contributed by atoms with van der Waals surface area (Å²) in [5.74, 6) is 0.0457. The zero-order chi connectivity index (χ0) is 13.3. The molecule has 0 atom stereocenters. The van der Waals surface area contributed by atoms with Crippen LogP contribution in [-0.2, 0) is 7.05 Å². The third kappa shape index (κ3) is 2.56. The van der Waals surface area contributed by atoms with Gasteiger partial charge in [0.1, 0.15) is 11.4 Å². The van der Waals surface area contributed by atoms with Crippen molar-refractivity contribution < 1.29 is 4.79 Å². The highest BCUT2D eigenvalue weighted by Gasteiger charge is 2.14. The van der Waals surface area contributed by atoms with E-state index < -0.39 is 0 Å². The van der Waals surface area contributed by atoms with E-state index in [1.165, 1.54) is 10.9 Å². The number of nitrogens with one attached hydrogen (secondary N) is 1. The van der Waals surface area contributed by atoms with Crippen LogP contribution in [-0.4, -0.2) is 15.7 Å². The molecule has 7 heteroatoms. The van der Waals surface area contributed by atoms with Crippen molar-refractivity contribution in [3.8, 4) is 0 Å². The Labute approximate surface area is 121 Å². The Morgan fingerprint density at radius 2 is 2.17 bits per heavy atom. The fourth-order valence-corrected chi connectivity index (χ4v) is 2.55. The molecule has 2 rings (SSSR count). The number of benzene rings is 1. The monoisotopic (exact) mass is 372 g/mol. The van der Waals surface area contributed by atoms with E-state index in [-0.39, 0.29) is 5.91 Å². The molecule has 94 valence electrons. The molecule has 0 bridgehead atoms. The lowest BCUT2D eigenvalue weighted by Gasteiger charge is -2.07. The molecule has 2 aromatic rings. The maximum absolute atomic E-state index is 12.0. The Morgan fingerprint density at radius 1 is 1.44 bits per heavy atom. The van der Waals surface area contributed by atoms with Gasteiger partial charge in [-0.25, -0.2) is 0 Å². The van der Waals surface area contributed by atoms with E-state index in [4.69, 9.17) is 5.73 Å². The van der Waals surface area contributed by atoms with Crippen LogP contribution >= 0.6 is 31.9 Å². The van der Waals surface area contributed by atoms with E-state index in [2.05, 4.69) is 42.3 Å². The number of aryl methyl sites for hydroxylation is 1. The third-order valence-electron chi connectivity index (χ3n) is 2.41. The predicted molar refractivity (Wildman–Crippen MR) is 77.4 cm³/mol. The Morgan fingerprint density at radius 3 is 2.72 bits per heavy atom. The van der Waals surface area contributed by atoms with Gasteiger partial charge in [-0.05, 0) is 34.1 Å². The molecule has 0 aliphatic rings. The molecule has 0 fully saturated rings. The Kier molecular flexibility index (Phi) is 3.72. The number of anilines is 2.